The summed E-state index contributed by atoms with van der Waals surface area (Å²) in [6.45, 7) is 6.37. The van der Waals surface area contributed by atoms with E-state index in [0.717, 1.165) is 22.4 Å². The smallest absolute Gasteiger partial charge is 0.258 e. The lowest BCUT2D eigenvalue weighted by Crippen LogP contribution is -2.37. The van der Waals surface area contributed by atoms with Gasteiger partial charge in [0.15, 0.2) is 6.61 Å². The van der Waals surface area contributed by atoms with Crippen LogP contribution in [0.1, 0.15) is 27.0 Å². The summed E-state index contributed by atoms with van der Waals surface area (Å²) in [4.78, 5) is 24.5. The van der Waals surface area contributed by atoms with Crippen LogP contribution < -0.4 is 24.8 Å². The zero-order valence-electron chi connectivity index (χ0n) is 17.5. The summed E-state index contributed by atoms with van der Waals surface area (Å²) >= 11 is 0. The number of amides is 2. The fraction of sp³-hybridized carbons (Fsp3) is 0.364. The van der Waals surface area contributed by atoms with Crippen molar-refractivity contribution in [3.8, 4) is 17.2 Å². The number of aryl methyl sites for hydroxylation is 2. The summed E-state index contributed by atoms with van der Waals surface area (Å²) in [5.74, 6) is 0.980. The Morgan fingerprint density at radius 2 is 1.45 bits per heavy atom. The fourth-order valence-electron chi connectivity index (χ4n) is 2.88. The van der Waals surface area contributed by atoms with E-state index in [0.29, 0.717) is 17.1 Å². The predicted molar refractivity (Wildman–Crippen MR) is 111 cm³/mol. The van der Waals surface area contributed by atoms with Gasteiger partial charge in [-0.3, -0.25) is 9.59 Å². The van der Waals surface area contributed by atoms with Gasteiger partial charge < -0.3 is 24.8 Å². The van der Waals surface area contributed by atoms with Crippen LogP contribution in [0.3, 0.4) is 0 Å². The van der Waals surface area contributed by atoms with Crippen LogP contribution in [-0.4, -0.2) is 45.7 Å². The number of hydrogen-bond donors (Lipinski definition) is 2. The fourth-order valence-corrected chi connectivity index (χ4v) is 2.88. The van der Waals surface area contributed by atoms with Gasteiger partial charge in [0.05, 0.1) is 14.2 Å². The second-order valence-corrected chi connectivity index (χ2v) is 6.59. The zero-order chi connectivity index (χ0) is 21.4. The molecule has 156 valence electrons. The highest BCUT2D eigenvalue weighted by atomic mass is 16.5. The molecule has 2 amide bonds. The van der Waals surface area contributed by atoms with Crippen molar-refractivity contribution in [2.24, 2.45) is 0 Å². The topological polar surface area (TPSA) is 85.9 Å². The minimum absolute atomic E-state index is 0.0839. The number of carbonyl (C=O) groups is 2. The molecule has 0 spiro atoms. The lowest BCUT2D eigenvalue weighted by Gasteiger charge is -2.14. The van der Waals surface area contributed by atoms with Crippen molar-refractivity contribution in [2.45, 2.75) is 20.8 Å². The highest BCUT2D eigenvalue weighted by molar-refractivity contribution is 5.99. The van der Waals surface area contributed by atoms with Crippen molar-refractivity contribution < 1.29 is 23.8 Å². The summed E-state index contributed by atoms with van der Waals surface area (Å²) in [5.41, 5.74) is 3.44. The van der Waals surface area contributed by atoms with Gasteiger partial charge in [-0.2, -0.15) is 0 Å². The monoisotopic (exact) mass is 400 g/mol. The first-order valence-electron chi connectivity index (χ1n) is 9.34. The Bertz CT molecular complexity index is 857. The third-order valence-corrected chi connectivity index (χ3v) is 4.61. The predicted octanol–water partition coefficient (Wildman–Crippen LogP) is 2.55. The molecule has 0 aliphatic carbocycles. The van der Waals surface area contributed by atoms with Gasteiger partial charge in [0.2, 0.25) is 0 Å². The molecule has 2 N–H and O–H groups in total. The molecule has 29 heavy (non-hydrogen) atoms. The van der Waals surface area contributed by atoms with Crippen LogP contribution in [0.15, 0.2) is 30.3 Å². The number of ether oxygens (including phenoxy) is 3. The molecular weight excluding hydrogens is 372 g/mol. The molecule has 0 heterocycles. The molecule has 0 saturated heterocycles. The molecule has 0 aliphatic rings. The van der Waals surface area contributed by atoms with Crippen molar-refractivity contribution >= 4 is 11.8 Å². The van der Waals surface area contributed by atoms with Gasteiger partial charge in [-0.1, -0.05) is 18.2 Å². The number of nitrogens with one attached hydrogen (secondary N) is 2. The van der Waals surface area contributed by atoms with Crippen LogP contribution in [-0.2, 0) is 4.79 Å². The number of hydrogen-bond acceptors (Lipinski definition) is 5. The standard InChI is InChI=1S/C22H28N2O5/c1-14-9-10-15(2)21(16(14)3)29-13-19(25)23-11-12-24-22(26)20-17(27-4)7-6-8-18(20)28-5/h6-10H,11-13H2,1-5H3,(H,23,25)(H,24,26). The van der Waals surface area contributed by atoms with E-state index in [-0.39, 0.29) is 31.5 Å². The summed E-state index contributed by atoms with van der Waals surface area (Å²) in [5, 5.41) is 5.48. The van der Waals surface area contributed by atoms with E-state index in [4.69, 9.17) is 14.2 Å². The van der Waals surface area contributed by atoms with Crippen molar-refractivity contribution in [2.75, 3.05) is 33.9 Å². The van der Waals surface area contributed by atoms with E-state index in [1.165, 1.54) is 14.2 Å². The SMILES string of the molecule is COc1cccc(OC)c1C(=O)NCCNC(=O)COc1c(C)ccc(C)c1C. The third-order valence-electron chi connectivity index (χ3n) is 4.61. The second-order valence-electron chi connectivity index (χ2n) is 6.59. The van der Waals surface area contributed by atoms with E-state index < -0.39 is 0 Å². The van der Waals surface area contributed by atoms with Gasteiger partial charge in [-0.05, 0) is 49.6 Å². The Hall–Kier alpha value is -3.22. The average Bonchev–Trinajstić information content (AvgIpc) is 2.73. The first-order chi connectivity index (χ1) is 13.9. The molecule has 7 heteroatoms. The maximum Gasteiger partial charge on any atom is 0.258 e. The Balaban J connectivity index is 1.82. The molecule has 0 aliphatic heterocycles. The first kappa shape index (κ1) is 22.1. The van der Waals surface area contributed by atoms with Gasteiger partial charge in [0.1, 0.15) is 22.8 Å². The Labute approximate surface area is 171 Å². The lowest BCUT2D eigenvalue weighted by atomic mass is 10.1. The van der Waals surface area contributed by atoms with E-state index >= 15 is 0 Å². The molecular formula is C22H28N2O5. The molecule has 0 radical (unpaired) electrons. The van der Waals surface area contributed by atoms with Crippen LogP contribution >= 0.6 is 0 Å². The van der Waals surface area contributed by atoms with Crippen LogP contribution in [0.2, 0.25) is 0 Å². The molecule has 0 bridgehead atoms. The molecule has 0 aromatic heterocycles. The van der Waals surface area contributed by atoms with Crippen LogP contribution in [0, 0.1) is 20.8 Å². The van der Waals surface area contributed by atoms with E-state index in [1.807, 2.05) is 32.9 Å². The molecule has 2 aromatic rings. The van der Waals surface area contributed by atoms with Crippen molar-refractivity contribution in [3.63, 3.8) is 0 Å². The summed E-state index contributed by atoms with van der Waals surface area (Å²) in [7, 11) is 2.98. The van der Waals surface area contributed by atoms with Gasteiger partial charge in [-0.15, -0.1) is 0 Å². The van der Waals surface area contributed by atoms with E-state index in [1.54, 1.807) is 18.2 Å². The molecule has 0 unspecified atom stereocenters. The third kappa shape index (κ3) is 5.63. The van der Waals surface area contributed by atoms with Crippen molar-refractivity contribution in [1.29, 1.82) is 0 Å². The number of rotatable bonds is 9. The van der Waals surface area contributed by atoms with Gasteiger partial charge >= 0.3 is 0 Å². The number of benzene rings is 2. The zero-order valence-corrected chi connectivity index (χ0v) is 17.5. The van der Waals surface area contributed by atoms with Gasteiger partial charge in [0.25, 0.3) is 11.8 Å². The van der Waals surface area contributed by atoms with E-state index in [2.05, 4.69) is 10.6 Å². The normalized spacial score (nSPS) is 10.2. The maximum atomic E-state index is 12.5. The Morgan fingerprint density at radius 1 is 0.862 bits per heavy atom. The van der Waals surface area contributed by atoms with E-state index in [9.17, 15) is 9.59 Å². The average molecular weight is 400 g/mol. The van der Waals surface area contributed by atoms with Crippen LogP contribution in [0.25, 0.3) is 0 Å². The van der Waals surface area contributed by atoms with Crippen LogP contribution in [0.5, 0.6) is 17.2 Å². The Morgan fingerprint density at radius 3 is 2.07 bits per heavy atom. The largest absolute Gasteiger partial charge is 0.496 e. The van der Waals surface area contributed by atoms with Crippen molar-refractivity contribution in [1.82, 2.24) is 10.6 Å². The quantitative estimate of drug-likeness (QED) is 0.632. The molecule has 2 aromatic carbocycles. The molecule has 0 fully saturated rings. The molecule has 0 saturated carbocycles. The summed E-state index contributed by atoms with van der Waals surface area (Å²) in [6, 6.07) is 9.11. The van der Waals surface area contributed by atoms with Crippen molar-refractivity contribution in [3.05, 3.63) is 52.6 Å². The minimum Gasteiger partial charge on any atom is -0.496 e. The van der Waals surface area contributed by atoms with Crippen LogP contribution in [0.4, 0.5) is 0 Å². The maximum absolute atomic E-state index is 12.5. The number of carbonyl (C=O) groups excluding carboxylic acids is 2. The molecule has 7 nitrogen and oxygen atoms in total. The highest BCUT2D eigenvalue weighted by Gasteiger charge is 2.17. The minimum atomic E-state index is -0.337. The highest BCUT2D eigenvalue weighted by Crippen LogP contribution is 2.28. The molecule has 2 rings (SSSR count). The first-order valence-corrected chi connectivity index (χ1v) is 9.34. The Kier molecular flexibility index (Phi) is 7.88. The van der Waals surface area contributed by atoms with Gasteiger partial charge in [0, 0.05) is 13.1 Å². The lowest BCUT2D eigenvalue weighted by molar-refractivity contribution is -0.123. The second kappa shape index (κ2) is 10.4. The van der Waals surface area contributed by atoms with Gasteiger partial charge in [-0.25, -0.2) is 0 Å². The summed E-state index contributed by atoms with van der Waals surface area (Å²) < 4.78 is 16.1. The summed E-state index contributed by atoms with van der Waals surface area (Å²) in [6.07, 6.45) is 0. The number of methoxy groups -OCH3 is 2. The molecule has 0 atom stereocenters.